The Balaban J connectivity index is 1.98. The summed E-state index contributed by atoms with van der Waals surface area (Å²) in [5.74, 6) is 1.86. The van der Waals surface area contributed by atoms with Gasteiger partial charge in [0.1, 0.15) is 10.8 Å². The molecule has 1 aromatic heterocycles. The first-order valence-electron chi connectivity index (χ1n) is 7.63. The number of hydrogen-bond acceptors (Lipinski definition) is 3. The average molecular weight is 299 g/mol. The molecule has 2 N–H and O–H groups in total. The van der Waals surface area contributed by atoms with Crippen LogP contribution in [0, 0.1) is 5.92 Å². The minimum Gasteiger partial charge on any atom is -0.389 e. The molecular weight excluding hydrogens is 278 g/mol. The van der Waals surface area contributed by atoms with Crippen LogP contribution in [0.5, 0.6) is 0 Å². The second-order valence-electron chi connectivity index (χ2n) is 5.75. The summed E-state index contributed by atoms with van der Waals surface area (Å²) in [4.78, 5) is 7.61. The van der Waals surface area contributed by atoms with Crippen LogP contribution < -0.4 is 10.6 Å². The Morgan fingerprint density at radius 3 is 2.71 bits per heavy atom. The molecule has 21 heavy (non-hydrogen) atoms. The maximum atomic E-state index is 5.91. The molecule has 0 aliphatic carbocycles. The molecule has 0 saturated carbocycles. The van der Waals surface area contributed by atoms with Gasteiger partial charge in [0.2, 0.25) is 0 Å². The summed E-state index contributed by atoms with van der Waals surface area (Å²) in [5.41, 5.74) is 7.81. The van der Waals surface area contributed by atoms with Crippen molar-refractivity contribution < 1.29 is 0 Å². The van der Waals surface area contributed by atoms with E-state index in [9.17, 15) is 0 Å². The molecule has 0 spiro atoms. The van der Waals surface area contributed by atoms with Gasteiger partial charge in [0, 0.05) is 24.0 Å². The van der Waals surface area contributed by atoms with E-state index < -0.39 is 0 Å². The lowest BCUT2D eigenvalue weighted by atomic mass is 9.94. The number of thiocarbonyl (C=S) groups is 1. The van der Waals surface area contributed by atoms with Crippen LogP contribution >= 0.6 is 12.2 Å². The van der Waals surface area contributed by atoms with E-state index >= 15 is 0 Å². The summed E-state index contributed by atoms with van der Waals surface area (Å²) in [7, 11) is 0. The number of nitrogens with two attached hydrogens (primary N) is 1. The molecular formula is C17H21N3S. The van der Waals surface area contributed by atoms with Gasteiger partial charge < -0.3 is 10.6 Å². The van der Waals surface area contributed by atoms with E-state index in [0.29, 0.717) is 4.99 Å². The topological polar surface area (TPSA) is 42.1 Å². The van der Waals surface area contributed by atoms with E-state index in [1.807, 2.05) is 24.3 Å². The summed E-state index contributed by atoms with van der Waals surface area (Å²) < 4.78 is 0. The van der Waals surface area contributed by atoms with Gasteiger partial charge in [-0.25, -0.2) is 4.98 Å². The molecule has 1 saturated heterocycles. The zero-order valence-corrected chi connectivity index (χ0v) is 13.2. The molecule has 1 aromatic carbocycles. The highest BCUT2D eigenvalue weighted by molar-refractivity contribution is 7.80. The molecule has 3 rings (SSSR count). The van der Waals surface area contributed by atoms with Crippen molar-refractivity contribution >= 4 is 33.9 Å². The van der Waals surface area contributed by atoms with E-state index in [-0.39, 0.29) is 0 Å². The van der Waals surface area contributed by atoms with Crippen molar-refractivity contribution in [3.8, 4) is 0 Å². The van der Waals surface area contributed by atoms with Gasteiger partial charge in [-0.15, -0.1) is 0 Å². The highest BCUT2D eigenvalue weighted by atomic mass is 32.1. The standard InChI is InChI=1S/C17H21N3S/c1-2-12-7-9-20(10-8-12)16-11-14(17(18)21)13-5-3-4-6-15(13)19-16/h3-6,11-12H,2,7-10H2,1H3,(H2,18,21). The third kappa shape index (κ3) is 2.86. The van der Waals surface area contributed by atoms with E-state index in [2.05, 4.69) is 17.9 Å². The van der Waals surface area contributed by atoms with Crippen LogP contribution in [-0.2, 0) is 0 Å². The smallest absolute Gasteiger partial charge is 0.129 e. The molecule has 2 aromatic rings. The third-order valence-corrected chi connectivity index (χ3v) is 4.70. The molecule has 1 aliphatic rings. The van der Waals surface area contributed by atoms with Crippen LogP contribution in [0.1, 0.15) is 31.7 Å². The molecule has 1 fully saturated rings. The van der Waals surface area contributed by atoms with Gasteiger partial charge in [-0.1, -0.05) is 43.8 Å². The van der Waals surface area contributed by atoms with E-state index in [4.69, 9.17) is 22.9 Å². The second kappa shape index (κ2) is 5.98. The Morgan fingerprint density at radius 2 is 2.05 bits per heavy atom. The van der Waals surface area contributed by atoms with Crippen LogP contribution in [0.15, 0.2) is 30.3 Å². The number of anilines is 1. The van der Waals surface area contributed by atoms with E-state index in [1.165, 1.54) is 19.3 Å². The fraction of sp³-hybridized carbons (Fsp3) is 0.412. The zero-order valence-electron chi connectivity index (χ0n) is 12.4. The minimum absolute atomic E-state index is 0.443. The summed E-state index contributed by atoms with van der Waals surface area (Å²) >= 11 is 5.22. The molecule has 0 bridgehead atoms. The highest BCUT2D eigenvalue weighted by Gasteiger charge is 2.20. The number of piperidine rings is 1. The van der Waals surface area contributed by atoms with Crippen LogP contribution in [0.25, 0.3) is 10.9 Å². The van der Waals surface area contributed by atoms with Crippen molar-refractivity contribution in [2.75, 3.05) is 18.0 Å². The summed E-state index contributed by atoms with van der Waals surface area (Å²) in [6.07, 6.45) is 3.76. The number of para-hydroxylation sites is 1. The normalized spacial score (nSPS) is 16.3. The predicted molar refractivity (Wildman–Crippen MR) is 92.9 cm³/mol. The fourth-order valence-corrected chi connectivity index (χ4v) is 3.27. The zero-order chi connectivity index (χ0) is 14.8. The largest absolute Gasteiger partial charge is 0.389 e. The number of nitrogens with zero attached hydrogens (tertiary/aromatic N) is 2. The first kappa shape index (κ1) is 14.3. The SMILES string of the molecule is CCC1CCN(c2cc(C(N)=S)c3ccccc3n2)CC1. The summed E-state index contributed by atoms with van der Waals surface area (Å²) in [6.45, 7) is 4.42. The number of pyridine rings is 1. The average Bonchev–Trinajstić information content (AvgIpc) is 2.53. The summed E-state index contributed by atoms with van der Waals surface area (Å²) in [5, 5.41) is 1.04. The van der Waals surface area contributed by atoms with Crippen LogP contribution in [0.4, 0.5) is 5.82 Å². The van der Waals surface area contributed by atoms with Gasteiger partial charge in [-0.05, 0) is 30.9 Å². The van der Waals surface area contributed by atoms with Crippen LogP contribution in [0.2, 0.25) is 0 Å². The molecule has 110 valence electrons. The molecule has 0 amide bonds. The number of aromatic nitrogens is 1. The van der Waals surface area contributed by atoms with E-state index in [1.54, 1.807) is 0 Å². The maximum Gasteiger partial charge on any atom is 0.129 e. The second-order valence-corrected chi connectivity index (χ2v) is 6.19. The first-order chi connectivity index (χ1) is 10.2. The van der Waals surface area contributed by atoms with Gasteiger partial charge in [0.25, 0.3) is 0 Å². The Bertz CT molecular complexity index is 660. The number of hydrogen-bond donors (Lipinski definition) is 1. The summed E-state index contributed by atoms with van der Waals surface area (Å²) in [6, 6.07) is 10.1. The number of rotatable bonds is 3. The maximum absolute atomic E-state index is 5.91. The molecule has 4 heteroatoms. The number of fused-ring (bicyclic) bond motifs is 1. The van der Waals surface area contributed by atoms with Crippen molar-refractivity contribution in [2.45, 2.75) is 26.2 Å². The Kier molecular flexibility index (Phi) is 4.06. The predicted octanol–water partition coefficient (Wildman–Crippen LogP) is 3.50. The van der Waals surface area contributed by atoms with Gasteiger partial charge >= 0.3 is 0 Å². The van der Waals surface area contributed by atoms with Crippen LogP contribution in [-0.4, -0.2) is 23.1 Å². The highest BCUT2D eigenvalue weighted by Crippen LogP contribution is 2.27. The Labute approximate surface area is 131 Å². The van der Waals surface area contributed by atoms with Gasteiger partial charge in [-0.3, -0.25) is 0 Å². The first-order valence-corrected chi connectivity index (χ1v) is 8.04. The van der Waals surface area contributed by atoms with Crippen molar-refractivity contribution in [1.29, 1.82) is 0 Å². The lowest BCUT2D eigenvalue weighted by Gasteiger charge is -2.32. The molecule has 1 aliphatic heterocycles. The molecule has 2 heterocycles. The lowest BCUT2D eigenvalue weighted by molar-refractivity contribution is 0.394. The molecule has 0 unspecified atom stereocenters. The van der Waals surface area contributed by atoms with Crippen LogP contribution in [0.3, 0.4) is 0 Å². The van der Waals surface area contributed by atoms with Crippen molar-refractivity contribution in [3.05, 3.63) is 35.9 Å². The molecule has 0 atom stereocenters. The lowest BCUT2D eigenvalue weighted by Crippen LogP contribution is -2.34. The number of benzene rings is 1. The van der Waals surface area contributed by atoms with Gasteiger partial charge in [0.05, 0.1) is 5.52 Å². The van der Waals surface area contributed by atoms with E-state index in [0.717, 1.165) is 41.3 Å². The van der Waals surface area contributed by atoms with Crippen molar-refractivity contribution in [2.24, 2.45) is 11.7 Å². The Morgan fingerprint density at radius 1 is 1.33 bits per heavy atom. The quantitative estimate of drug-likeness (QED) is 0.881. The van der Waals surface area contributed by atoms with Crippen molar-refractivity contribution in [1.82, 2.24) is 4.98 Å². The Hall–Kier alpha value is -1.68. The monoisotopic (exact) mass is 299 g/mol. The third-order valence-electron chi connectivity index (χ3n) is 4.48. The minimum atomic E-state index is 0.443. The fourth-order valence-electron chi connectivity index (χ4n) is 3.10. The van der Waals surface area contributed by atoms with Gasteiger partial charge in [-0.2, -0.15) is 0 Å². The van der Waals surface area contributed by atoms with Gasteiger partial charge in [0.15, 0.2) is 0 Å². The molecule has 3 nitrogen and oxygen atoms in total. The molecule has 0 radical (unpaired) electrons. The van der Waals surface area contributed by atoms with Crippen molar-refractivity contribution in [3.63, 3.8) is 0 Å².